The lowest BCUT2D eigenvalue weighted by Gasteiger charge is -2.03. The standard InChI is InChI=1S/C17H14N3O/c1-11-5-6-13-12-7-9-18-10-15(12)21-17(13)16(11)14-4-3-8-19-20(14)2/h3-10H,1-2H3/q+1. The van der Waals surface area contributed by atoms with E-state index in [4.69, 9.17) is 4.42 Å². The fourth-order valence-corrected chi connectivity index (χ4v) is 2.80. The molecule has 4 aromatic rings. The van der Waals surface area contributed by atoms with Crippen LogP contribution in [0.15, 0.2) is 53.3 Å². The van der Waals surface area contributed by atoms with Gasteiger partial charge in [-0.1, -0.05) is 16.8 Å². The van der Waals surface area contributed by atoms with Crippen molar-refractivity contribution in [1.29, 1.82) is 0 Å². The topological polar surface area (TPSA) is 42.8 Å². The summed E-state index contributed by atoms with van der Waals surface area (Å²) in [6, 6.07) is 10.2. The second-order valence-electron chi connectivity index (χ2n) is 5.14. The lowest BCUT2D eigenvalue weighted by Crippen LogP contribution is -2.35. The molecule has 0 aliphatic carbocycles. The molecule has 0 N–H and O–H groups in total. The van der Waals surface area contributed by atoms with Crippen LogP contribution >= 0.6 is 0 Å². The van der Waals surface area contributed by atoms with Gasteiger partial charge in [-0.15, -0.1) is 0 Å². The molecular formula is C17H14N3O+. The fourth-order valence-electron chi connectivity index (χ4n) is 2.80. The molecule has 0 bridgehead atoms. The van der Waals surface area contributed by atoms with Gasteiger partial charge in [0.25, 0.3) is 0 Å². The predicted octanol–water partition coefficient (Wildman–Crippen LogP) is 3.18. The minimum absolute atomic E-state index is 0.811. The first-order chi connectivity index (χ1) is 10.3. The maximum atomic E-state index is 6.07. The SMILES string of the molecule is Cc1ccc2c(oc3cnccc32)c1-c1cccn[n+]1C. The normalized spacial score (nSPS) is 11.3. The number of hydrogen-bond acceptors (Lipinski definition) is 3. The summed E-state index contributed by atoms with van der Waals surface area (Å²) in [7, 11) is 1.94. The molecule has 4 rings (SSSR count). The van der Waals surface area contributed by atoms with E-state index in [-0.39, 0.29) is 0 Å². The second-order valence-corrected chi connectivity index (χ2v) is 5.14. The van der Waals surface area contributed by atoms with Crippen molar-refractivity contribution in [3.63, 3.8) is 0 Å². The summed E-state index contributed by atoms with van der Waals surface area (Å²) in [5.41, 5.74) is 4.98. The van der Waals surface area contributed by atoms with Crippen molar-refractivity contribution < 1.29 is 9.10 Å². The molecule has 0 spiro atoms. The van der Waals surface area contributed by atoms with Gasteiger partial charge in [-0.05, 0) is 29.7 Å². The largest absolute Gasteiger partial charge is 0.454 e. The summed E-state index contributed by atoms with van der Waals surface area (Å²) in [4.78, 5) is 4.14. The Hall–Kier alpha value is -2.75. The van der Waals surface area contributed by atoms with E-state index in [9.17, 15) is 0 Å². The van der Waals surface area contributed by atoms with E-state index in [1.807, 2.05) is 23.9 Å². The first kappa shape index (κ1) is 12.0. The average Bonchev–Trinajstić information content (AvgIpc) is 2.87. The highest BCUT2D eigenvalue weighted by molar-refractivity contribution is 6.09. The quantitative estimate of drug-likeness (QED) is 0.501. The Balaban J connectivity index is 2.18. The third kappa shape index (κ3) is 1.72. The van der Waals surface area contributed by atoms with E-state index in [0.717, 1.165) is 38.8 Å². The van der Waals surface area contributed by atoms with Crippen molar-refractivity contribution in [1.82, 2.24) is 10.1 Å². The first-order valence-electron chi connectivity index (χ1n) is 6.83. The minimum Gasteiger partial charge on any atom is -0.454 e. The van der Waals surface area contributed by atoms with Gasteiger partial charge < -0.3 is 4.42 Å². The van der Waals surface area contributed by atoms with E-state index in [2.05, 4.69) is 35.2 Å². The van der Waals surface area contributed by atoms with Gasteiger partial charge in [0.2, 0.25) is 5.69 Å². The minimum atomic E-state index is 0.811. The number of rotatable bonds is 1. The van der Waals surface area contributed by atoms with E-state index < -0.39 is 0 Å². The highest BCUT2D eigenvalue weighted by atomic mass is 16.3. The van der Waals surface area contributed by atoms with Crippen LogP contribution in [0.2, 0.25) is 0 Å². The van der Waals surface area contributed by atoms with Crippen molar-refractivity contribution in [3.8, 4) is 11.3 Å². The lowest BCUT2D eigenvalue weighted by molar-refractivity contribution is -0.720. The second kappa shape index (κ2) is 4.38. The van der Waals surface area contributed by atoms with Gasteiger partial charge in [0, 0.05) is 23.0 Å². The van der Waals surface area contributed by atoms with E-state index in [0.29, 0.717) is 0 Å². The maximum Gasteiger partial charge on any atom is 0.242 e. The van der Waals surface area contributed by atoms with Crippen LogP contribution in [0.3, 0.4) is 0 Å². The van der Waals surface area contributed by atoms with Gasteiger partial charge >= 0.3 is 0 Å². The molecule has 0 atom stereocenters. The lowest BCUT2D eigenvalue weighted by atomic mass is 10.0. The molecule has 0 saturated heterocycles. The monoisotopic (exact) mass is 276 g/mol. The molecule has 0 unspecified atom stereocenters. The van der Waals surface area contributed by atoms with Gasteiger partial charge in [-0.3, -0.25) is 4.98 Å². The average molecular weight is 276 g/mol. The van der Waals surface area contributed by atoms with Gasteiger partial charge in [0.1, 0.15) is 5.58 Å². The van der Waals surface area contributed by atoms with E-state index in [1.165, 1.54) is 0 Å². The number of pyridine rings is 1. The molecule has 0 fully saturated rings. The van der Waals surface area contributed by atoms with Gasteiger partial charge in [0.15, 0.2) is 12.6 Å². The third-order valence-electron chi connectivity index (χ3n) is 3.84. The predicted molar refractivity (Wildman–Crippen MR) is 80.7 cm³/mol. The molecule has 3 heterocycles. The van der Waals surface area contributed by atoms with Crippen LogP contribution in [0.1, 0.15) is 5.56 Å². The van der Waals surface area contributed by atoms with E-state index >= 15 is 0 Å². The molecule has 0 radical (unpaired) electrons. The zero-order chi connectivity index (χ0) is 14.4. The number of furan rings is 1. The van der Waals surface area contributed by atoms with Crippen LogP contribution in [0.4, 0.5) is 0 Å². The van der Waals surface area contributed by atoms with Crippen LogP contribution in [-0.2, 0) is 7.05 Å². The van der Waals surface area contributed by atoms with Crippen molar-refractivity contribution in [2.45, 2.75) is 6.92 Å². The number of benzene rings is 1. The van der Waals surface area contributed by atoms with Crippen LogP contribution in [0.25, 0.3) is 33.2 Å². The van der Waals surface area contributed by atoms with E-state index in [1.54, 1.807) is 18.6 Å². The first-order valence-corrected chi connectivity index (χ1v) is 6.83. The molecule has 1 aromatic carbocycles. The molecule has 21 heavy (non-hydrogen) atoms. The summed E-state index contributed by atoms with van der Waals surface area (Å²) in [5.74, 6) is 0. The Kier molecular flexibility index (Phi) is 2.51. The summed E-state index contributed by atoms with van der Waals surface area (Å²) < 4.78 is 7.94. The molecule has 0 saturated carbocycles. The zero-order valence-corrected chi connectivity index (χ0v) is 11.9. The number of hydrogen-bond donors (Lipinski definition) is 0. The summed E-state index contributed by atoms with van der Waals surface area (Å²) in [6.45, 7) is 2.09. The Labute approximate surface area is 121 Å². The number of aromatic nitrogens is 3. The highest BCUT2D eigenvalue weighted by Crippen LogP contribution is 2.36. The Morgan fingerprint density at radius 3 is 2.81 bits per heavy atom. The molecule has 0 aliphatic rings. The van der Waals surface area contributed by atoms with Crippen LogP contribution in [0.5, 0.6) is 0 Å². The van der Waals surface area contributed by atoms with Crippen LogP contribution in [0, 0.1) is 6.92 Å². The molecule has 102 valence electrons. The molecule has 4 nitrogen and oxygen atoms in total. The molecule has 0 aliphatic heterocycles. The third-order valence-corrected chi connectivity index (χ3v) is 3.84. The summed E-state index contributed by atoms with van der Waals surface area (Å²) in [6.07, 6.45) is 5.33. The van der Waals surface area contributed by atoms with Gasteiger partial charge in [-0.25, -0.2) is 0 Å². The van der Waals surface area contributed by atoms with Gasteiger partial charge in [0.05, 0.1) is 18.0 Å². The Morgan fingerprint density at radius 2 is 1.95 bits per heavy atom. The molecular weight excluding hydrogens is 262 g/mol. The molecule has 4 heteroatoms. The highest BCUT2D eigenvalue weighted by Gasteiger charge is 2.20. The maximum absolute atomic E-state index is 6.07. The van der Waals surface area contributed by atoms with Crippen molar-refractivity contribution >= 4 is 21.9 Å². The number of fused-ring (bicyclic) bond motifs is 3. The Bertz CT molecular complexity index is 972. The Morgan fingerprint density at radius 1 is 1.05 bits per heavy atom. The summed E-state index contributed by atoms with van der Waals surface area (Å²) in [5, 5.41) is 6.52. The number of aryl methyl sites for hydroxylation is 2. The van der Waals surface area contributed by atoms with Crippen molar-refractivity contribution in [2.75, 3.05) is 0 Å². The van der Waals surface area contributed by atoms with Crippen LogP contribution < -0.4 is 4.68 Å². The zero-order valence-electron chi connectivity index (χ0n) is 11.9. The summed E-state index contributed by atoms with van der Waals surface area (Å²) >= 11 is 0. The van der Waals surface area contributed by atoms with Gasteiger partial charge in [-0.2, -0.15) is 0 Å². The van der Waals surface area contributed by atoms with Crippen molar-refractivity contribution in [2.24, 2.45) is 7.05 Å². The fraction of sp³-hybridized carbons (Fsp3) is 0.118. The van der Waals surface area contributed by atoms with Crippen molar-refractivity contribution in [3.05, 3.63) is 54.5 Å². The smallest absolute Gasteiger partial charge is 0.242 e. The number of nitrogens with zero attached hydrogens (tertiary/aromatic N) is 3. The van der Waals surface area contributed by atoms with Crippen LogP contribution in [-0.4, -0.2) is 10.1 Å². The molecule has 3 aromatic heterocycles. The molecule has 0 amide bonds.